The Morgan fingerprint density at radius 3 is 1.26 bits per heavy atom. The minimum Gasteiger partial charge on any atom is -0.389 e. The number of hydrogen-bond acceptors (Lipinski definition) is 6. The van der Waals surface area contributed by atoms with E-state index in [1.165, 1.54) is 0 Å². The minimum absolute atomic E-state index is 0.168. The van der Waals surface area contributed by atoms with Crippen LogP contribution in [0.2, 0.25) is 0 Å². The fraction of sp³-hybridized carbons (Fsp3) is 0.438. The van der Waals surface area contributed by atoms with Crippen LogP contribution in [0.1, 0.15) is 0 Å². The zero-order valence-electron chi connectivity index (χ0n) is 15.4. The number of rotatable bonds is 12. The molecule has 2 N–H and O–H groups in total. The number of hydrogen-bond donors (Lipinski definition) is 2. The first-order valence-electron chi connectivity index (χ1n) is 8.10. The molecule has 0 bridgehead atoms. The van der Waals surface area contributed by atoms with E-state index in [-0.39, 0.29) is 44.4 Å². The van der Waals surface area contributed by atoms with Gasteiger partial charge in [-0.05, 0) is 0 Å². The second kappa shape index (κ2) is 12.0. The van der Waals surface area contributed by atoms with Crippen LogP contribution in [0.4, 0.5) is 39.5 Å². The summed E-state index contributed by atoms with van der Waals surface area (Å²) in [5, 5.41) is 4.56. The third kappa shape index (κ3) is 13.0. The summed E-state index contributed by atoms with van der Waals surface area (Å²) >= 11 is 0. The smallest absolute Gasteiger partial charge is 0.389 e. The molecule has 0 rings (SSSR count). The lowest BCUT2D eigenvalue weighted by Crippen LogP contribution is -2.32. The first kappa shape index (κ1) is 28.0. The average molecular weight is 469 g/mol. The Kier molecular flexibility index (Phi) is 10.8. The Morgan fingerprint density at radius 2 is 0.935 bits per heavy atom. The van der Waals surface area contributed by atoms with Gasteiger partial charge >= 0.3 is 18.5 Å². The summed E-state index contributed by atoms with van der Waals surface area (Å²) in [5.74, 6) is -6.47. The fourth-order valence-electron chi connectivity index (χ4n) is 1.57. The lowest BCUT2D eigenvalue weighted by molar-refractivity contribution is -0.165. The highest BCUT2D eigenvalue weighted by Gasteiger charge is 2.37. The maximum Gasteiger partial charge on any atom is 0.454 e. The molecule has 0 spiro atoms. The molecule has 0 fully saturated rings. The summed E-state index contributed by atoms with van der Waals surface area (Å²) in [7, 11) is 0. The zero-order chi connectivity index (χ0) is 24.3. The van der Waals surface area contributed by atoms with Crippen molar-refractivity contribution in [2.75, 3.05) is 26.2 Å². The van der Waals surface area contributed by atoms with Crippen molar-refractivity contribution in [2.24, 2.45) is 0 Å². The van der Waals surface area contributed by atoms with Gasteiger partial charge in [-0.3, -0.25) is 14.4 Å². The summed E-state index contributed by atoms with van der Waals surface area (Å²) < 4.78 is 109. The average Bonchev–Trinajstić information content (AvgIpc) is 2.61. The highest BCUT2D eigenvalue weighted by Crippen LogP contribution is 2.17. The third-order valence-corrected chi connectivity index (χ3v) is 3.07. The van der Waals surface area contributed by atoms with Crippen LogP contribution < -0.4 is 10.6 Å². The molecule has 15 heteroatoms. The Hall–Kier alpha value is -3.00. The molecule has 0 aliphatic rings. The van der Waals surface area contributed by atoms with E-state index >= 15 is 0 Å². The number of nitrogens with one attached hydrogen (secondary N) is 2. The Morgan fingerprint density at radius 1 is 0.613 bits per heavy atom. The zero-order valence-corrected chi connectivity index (χ0v) is 15.4. The number of nitrogens with zero attached hydrogens (tertiary/aromatic N) is 1. The van der Waals surface area contributed by atoms with E-state index in [0.29, 0.717) is 12.4 Å². The van der Waals surface area contributed by atoms with Gasteiger partial charge in [-0.1, -0.05) is 0 Å². The van der Waals surface area contributed by atoms with Crippen molar-refractivity contribution in [1.82, 2.24) is 15.5 Å². The SMILES string of the molecule is O=C(C=CNCCN(C=CC(=O)C(F)(F)F)CCNC=CC(=O)C(F)(F)F)C(F)(F)F. The minimum atomic E-state index is -5.14. The molecule has 0 aromatic carbocycles. The second-order valence-corrected chi connectivity index (χ2v) is 5.51. The van der Waals surface area contributed by atoms with Crippen molar-refractivity contribution in [3.63, 3.8) is 0 Å². The molecule has 0 aromatic heterocycles. The topological polar surface area (TPSA) is 78.5 Å². The summed E-state index contributed by atoms with van der Waals surface area (Å²) in [5.41, 5.74) is 0. The van der Waals surface area contributed by atoms with Crippen molar-refractivity contribution in [2.45, 2.75) is 18.5 Å². The molecule has 0 heterocycles. The van der Waals surface area contributed by atoms with Crippen molar-refractivity contribution in [1.29, 1.82) is 0 Å². The fourth-order valence-corrected chi connectivity index (χ4v) is 1.57. The second-order valence-electron chi connectivity index (χ2n) is 5.51. The third-order valence-electron chi connectivity index (χ3n) is 3.07. The molecule has 0 aliphatic heterocycles. The van der Waals surface area contributed by atoms with Crippen LogP contribution in [-0.2, 0) is 14.4 Å². The molecule has 0 radical (unpaired) electrons. The van der Waals surface area contributed by atoms with Crippen LogP contribution in [0.5, 0.6) is 0 Å². The molecule has 176 valence electrons. The van der Waals surface area contributed by atoms with E-state index in [9.17, 15) is 53.9 Å². The summed E-state index contributed by atoms with van der Waals surface area (Å²) in [6, 6.07) is 0. The lowest BCUT2D eigenvalue weighted by Gasteiger charge is -2.20. The molecule has 0 saturated carbocycles. The van der Waals surface area contributed by atoms with Crippen molar-refractivity contribution in [3.05, 3.63) is 36.8 Å². The van der Waals surface area contributed by atoms with Gasteiger partial charge in [-0.25, -0.2) is 0 Å². The molecule has 0 saturated heterocycles. The molecule has 0 atom stereocenters. The molecular weight excluding hydrogens is 453 g/mol. The van der Waals surface area contributed by atoms with E-state index < -0.39 is 35.9 Å². The first-order chi connectivity index (χ1) is 14.0. The number of carbonyl (C=O) groups is 3. The quantitative estimate of drug-likeness (QED) is 0.260. The number of halogens is 9. The van der Waals surface area contributed by atoms with E-state index in [1.54, 1.807) is 0 Å². The van der Waals surface area contributed by atoms with Crippen LogP contribution >= 0.6 is 0 Å². The van der Waals surface area contributed by atoms with Gasteiger partial charge in [-0.15, -0.1) is 0 Å². The molecule has 6 nitrogen and oxygen atoms in total. The van der Waals surface area contributed by atoms with Gasteiger partial charge in [0, 0.05) is 63.0 Å². The van der Waals surface area contributed by atoms with Crippen LogP contribution in [0, 0.1) is 0 Å². The van der Waals surface area contributed by atoms with E-state index in [2.05, 4.69) is 10.6 Å². The van der Waals surface area contributed by atoms with Gasteiger partial charge < -0.3 is 15.5 Å². The van der Waals surface area contributed by atoms with Crippen molar-refractivity contribution in [3.8, 4) is 0 Å². The normalized spacial score (nSPS) is 13.2. The molecular formula is C16H16F9N3O3. The van der Waals surface area contributed by atoms with Crippen LogP contribution in [-0.4, -0.2) is 67.0 Å². The standard InChI is InChI=1S/C16H16F9N3O3/c17-14(18,19)11(29)1-4-26-6-9-28(8-3-13(31)16(23,24)25)10-7-27-5-2-12(30)15(20,21)22/h1-5,8,26-27H,6-7,9-10H2. The predicted molar refractivity (Wildman–Crippen MR) is 88.2 cm³/mol. The highest BCUT2D eigenvalue weighted by atomic mass is 19.4. The first-order valence-corrected chi connectivity index (χ1v) is 8.10. The Balaban J connectivity index is 4.76. The maximum atomic E-state index is 12.2. The molecule has 0 unspecified atom stereocenters. The van der Waals surface area contributed by atoms with E-state index in [4.69, 9.17) is 0 Å². The molecule has 0 aromatic rings. The van der Waals surface area contributed by atoms with Gasteiger partial charge in [0.25, 0.3) is 17.3 Å². The van der Waals surface area contributed by atoms with Crippen molar-refractivity contribution >= 4 is 17.3 Å². The Bertz CT molecular complexity index is 666. The molecule has 0 amide bonds. The summed E-state index contributed by atoms with van der Waals surface area (Å²) in [4.78, 5) is 33.2. The Labute approximate surface area is 169 Å². The summed E-state index contributed by atoms with van der Waals surface area (Å²) in [6.45, 7) is -0.679. The van der Waals surface area contributed by atoms with Gasteiger partial charge in [0.2, 0.25) is 0 Å². The van der Waals surface area contributed by atoms with Gasteiger partial charge in [0.15, 0.2) is 0 Å². The van der Waals surface area contributed by atoms with Crippen molar-refractivity contribution < 1.29 is 53.9 Å². The van der Waals surface area contributed by atoms with Crippen LogP contribution in [0.25, 0.3) is 0 Å². The largest absolute Gasteiger partial charge is 0.454 e. The van der Waals surface area contributed by atoms with E-state index in [0.717, 1.165) is 11.1 Å². The summed E-state index contributed by atoms with van der Waals surface area (Å²) in [6.07, 6.45) is -12.6. The van der Waals surface area contributed by atoms with Gasteiger partial charge in [0.05, 0.1) is 0 Å². The highest BCUT2D eigenvalue weighted by molar-refractivity contribution is 5.95. The van der Waals surface area contributed by atoms with Gasteiger partial charge in [0.1, 0.15) is 0 Å². The molecule has 31 heavy (non-hydrogen) atoms. The van der Waals surface area contributed by atoms with E-state index in [1.807, 2.05) is 0 Å². The number of ketones is 3. The number of carbonyl (C=O) groups excluding carboxylic acids is 3. The predicted octanol–water partition coefficient (Wildman–Crippen LogP) is 2.40. The monoisotopic (exact) mass is 469 g/mol. The molecule has 0 aliphatic carbocycles. The van der Waals surface area contributed by atoms with Crippen LogP contribution in [0.15, 0.2) is 36.8 Å². The lowest BCUT2D eigenvalue weighted by atomic mass is 10.3. The number of alkyl halides is 9. The van der Waals surface area contributed by atoms with Crippen LogP contribution in [0.3, 0.4) is 0 Å². The van der Waals surface area contributed by atoms with Gasteiger partial charge in [-0.2, -0.15) is 39.5 Å². The maximum absolute atomic E-state index is 12.2. The number of allylic oxidation sites excluding steroid dienone is 3.